The first-order valence-corrected chi connectivity index (χ1v) is 10.7. The lowest BCUT2D eigenvalue weighted by Gasteiger charge is -2.44. The minimum atomic E-state index is -0.660. The summed E-state index contributed by atoms with van der Waals surface area (Å²) in [7, 11) is 0. The van der Waals surface area contributed by atoms with E-state index in [2.05, 4.69) is 90.3 Å². The number of benzene rings is 1. The van der Waals surface area contributed by atoms with Crippen LogP contribution in [0.4, 0.5) is 11.4 Å². The minimum absolute atomic E-state index is 0.145. The molecule has 0 fully saturated rings. The first kappa shape index (κ1) is 20.6. The second kappa shape index (κ2) is 6.19. The molecule has 2 heterocycles. The third-order valence-corrected chi connectivity index (χ3v) is 6.12. The van der Waals surface area contributed by atoms with Crippen molar-refractivity contribution >= 4 is 28.1 Å². The fraction of sp³-hybridized carbons (Fsp3) is 0.462. The molecule has 2 aliphatic rings. The van der Waals surface area contributed by atoms with Gasteiger partial charge in [-0.05, 0) is 60.9 Å². The molecule has 1 aliphatic carbocycles. The first-order chi connectivity index (χ1) is 13.7. The number of allylic oxidation sites excluding steroid dienone is 2. The fourth-order valence-electron chi connectivity index (χ4n) is 4.63. The molecule has 0 saturated heterocycles. The Morgan fingerprint density at radius 3 is 1.93 bits per heavy atom. The second-order valence-corrected chi connectivity index (χ2v) is 11.0. The van der Waals surface area contributed by atoms with Crippen molar-refractivity contribution in [2.24, 2.45) is 10.8 Å². The number of aromatic nitrogens is 1. The van der Waals surface area contributed by atoms with Crippen LogP contribution in [-0.2, 0) is 4.79 Å². The summed E-state index contributed by atoms with van der Waals surface area (Å²) < 4.78 is 0. The smallest absolute Gasteiger partial charge is 0.185 e. The maximum atomic E-state index is 13.4. The van der Waals surface area contributed by atoms with Crippen LogP contribution in [0.1, 0.15) is 58.4 Å². The SMILES string of the molecule is Cc1cc2c3c(c(C)cc(C)c3n1)NC1(C=C(C(C)(C)C)C(=O)C(C(C)(C)C)=C1)N2. The Morgan fingerprint density at radius 1 is 0.833 bits per heavy atom. The third-order valence-electron chi connectivity index (χ3n) is 6.12. The quantitative estimate of drug-likeness (QED) is 0.548. The van der Waals surface area contributed by atoms with Crippen molar-refractivity contribution in [3.8, 4) is 0 Å². The predicted octanol–water partition coefficient (Wildman–Crippen LogP) is 6.22. The summed E-state index contributed by atoms with van der Waals surface area (Å²) in [5.74, 6) is 0.145. The van der Waals surface area contributed by atoms with Crippen LogP contribution >= 0.6 is 0 Å². The number of rotatable bonds is 0. The maximum Gasteiger partial charge on any atom is 0.185 e. The summed E-state index contributed by atoms with van der Waals surface area (Å²) >= 11 is 0. The molecule has 158 valence electrons. The second-order valence-electron chi connectivity index (χ2n) is 11.0. The Morgan fingerprint density at radius 2 is 1.40 bits per heavy atom. The highest BCUT2D eigenvalue weighted by atomic mass is 16.1. The summed E-state index contributed by atoms with van der Waals surface area (Å²) in [6.45, 7) is 18.9. The molecule has 1 aromatic carbocycles. The Labute approximate surface area is 179 Å². The van der Waals surface area contributed by atoms with E-state index in [0.29, 0.717) is 0 Å². The van der Waals surface area contributed by atoms with E-state index >= 15 is 0 Å². The zero-order valence-corrected chi connectivity index (χ0v) is 19.7. The van der Waals surface area contributed by atoms with Crippen molar-refractivity contribution in [3.63, 3.8) is 0 Å². The third kappa shape index (κ3) is 3.13. The highest BCUT2D eigenvalue weighted by Gasteiger charge is 2.43. The van der Waals surface area contributed by atoms with E-state index in [0.717, 1.165) is 39.1 Å². The van der Waals surface area contributed by atoms with Gasteiger partial charge in [0.05, 0.1) is 11.2 Å². The molecule has 0 radical (unpaired) electrons. The largest absolute Gasteiger partial charge is 0.356 e. The summed E-state index contributed by atoms with van der Waals surface area (Å²) in [4.78, 5) is 18.3. The van der Waals surface area contributed by atoms with Crippen LogP contribution in [0, 0.1) is 31.6 Å². The van der Waals surface area contributed by atoms with E-state index in [1.807, 2.05) is 6.92 Å². The molecule has 4 heteroatoms. The number of hydrogen-bond donors (Lipinski definition) is 2. The first-order valence-electron chi connectivity index (χ1n) is 10.7. The van der Waals surface area contributed by atoms with E-state index < -0.39 is 5.66 Å². The molecule has 0 amide bonds. The molecule has 4 nitrogen and oxygen atoms in total. The minimum Gasteiger partial charge on any atom is -0.356 e. The zero-order chi connectivity index (χ0) is 22.2. The lowest BCUT2D eigenvalue weighted by Crippen LogP contribution is -2.49. The molecule has 0 saturated carbocycles. The molecule has 0 bridgehead atoms. The predicted molar refractivity (Wildman–Crippen MR) is 126 cm³/mol. The van der Waals surface area contributed by atoms with Crippen molar-refractivity contribution < 1.29 is 4.79 Å². The van der Waals surface area contributed by atoms with Crippen LogP contribution in [0.15, 0.2) is 35.4 Å². The molecule has 2 aromatic rings. The van der Waals surface area contributed by atoms with Gasteiger partial charge in [0.2, 0.25) is 0 Å². The van der Waals surface area contributed by atoms with Gasteiger partial charge in [0, 0.05) is 27.9 Å². The Kier molecular flexibility index (Phi) is 4.26. The Bertz CT molecular complexity index is 1120. The summed E-state index contributed by atoms with van der Waals surface area (Å²) in [5.41, 5.74) is 6.99. The van der Waals surface area contributed by atoms with Gasteiger partial charge in [0.1, 0.15) is 5.66 Å². The average molecular weight is 404 g/mol. The Hall–Kier alpha value is -2.62. The van der Waals surface area contributed by atoms with E-state index in [1.54, 1.807) is 0 Å². The average Bonchev–Trinajstić information content (AvgIpc) is 2.59. The van der Waals surface area contributed by atoms with E-state index in [9.17, 15) is 4.79 Å². The van der Waals surface area contributed by atoms with Crippen molar-refractivity contribution in [3.05, 3.63) is 52.3 Å². The number of nitrogens with one attached hydrogen (secondary N) is 2. The van der Waals surface area contributed by atoms with Crippen LogP contribution in [0.3, 0.4) is 0 Å². The van der Waals surface area contributed by atoms with Crippen molar-refractivity contribution in [1.82, 2.24) is 4.98 Å². The van der Waals surface area contributed by atoms with Gasteiger partial charge in [0.15, 0.2) is 5.78 Å². The number of Topliss-reactive ketones (excluding diaryl/α,β-unsaturated/α-hetero) is 1. The number of nitrogens with zero attached hydrogens (tertiary/aromatic N) is 1. The number of carbonyl (C=O) groups excluding carboxylic acids is 1. The molecular weight excluding hydrogens is 370 g/mol. The van der Waals surface area contributed by atoms with Gasteiger partial charge in [-0.15, -0.1) is 0 Å². The van der Waals surface area contributed by atoms with Crippen molar-refractivity contribution in [2.45, 2.75) is 68.0 Å². The highest BCUT2D eigenvalue weighted by molar-refractivity contribution is 6.13. The molecule has 1 aliphatic heterocycles. The van der Waals surface area contributed by atoms with Gasteiger partial charge < -0.3 is 10.6 Å². The van der Waals surface area contributed by atoms with Crippen LogP contribution in [0.5, 0.6) is 0 Å². The van der Waals surface area contributed by atoms with E-state index in [4.69, 9.17) is 4.98 Å². The molecule has 0 atom stereocenters. The van der Waals surface area contributed by atoms with E-state index in [-0.39, 0.29) is 16.6 Å². The summed E-state index contributed by atoms with van der Waals surface area (Å²) in [6.07, 6.45) is 4.18. The van der Waals surface area contributed by atoms with Crippen LogP contribution < -0.4 is 10.6 Å². The standard InChI is InChI=1S/C26H33N3O/c1-14-10-15(2)22-20-19(11-16(3)27-21(14)20)28-26(29-22)12-17(24(4,5)6)23(30)18(13-26)25(7,8)9/h10-13,28-29H,1-9H3. The number of hydrogen-bond acceptors (Lipinski definition) is 4. The molecule has 4 rings (SSSR count). The number of carbonyl (C=O) groups is 1. The molecular formula is C26H33N3O. The van der Waals surface area contributed by atoms with Crippen molar-refractivity contribution in [2.75, 3.05) is 10.6 Å². The van der Waals surface area contributed by atoms with Crippen LogP contribution in [0.2, 0.25) is 0 Å². The van der Waals surface area contributed by atoms with Gasteiger partial charge in [-0.25, -0.2) is 0 Å². The van der Waals surface area contributed by atoms with Crippen LogP contribution in [-0.4, -0.2) is 16.4 Å². The number of ketones is 1. The molecule has 1 spiro atoms. The summed E-state index contributed by atoms with van der Waals surface area (Å²) in [5, 5.41) is 8.62. The molecule has 1 aromatic heterocycles. The van der Waals surface area contributed by atoms with Gasteiger partial charge >= 0.3 is 0 Å². The molecule has 0 unspecified atom stereocenters. The lowest BCUT2D eigenvalue weighted by molar-refractivity contribution is -0.114. The monoisotopic (exact) mass is 403 g/mol. The number of anilines is 2. The molecule has 30 heavy (non-hydrogen) atoms. The molecule has 2 N–H and O–H groups in total. The normalized spacial score (nSPS) is 18.1. The van der Waals surface area contributed by atoms with E-state index in [1.165, 1.54) is 11.1 Å². The Balaban J connectivity index is 2.02. The topological polar surface area (TPSA) is 54.0 Å². The van der Waals surface area contributed by atoms with Crippen molar-refractivity contribution in [1.29, 1.82) is 0 Å². The van der Waals surface area contributed by atoms with Crippen LogP contribution in [0.25, 0.3) is 10.9 Å². The van der Waals surface area contributed by atoms with Gasteiger partial charge in [-0.1, -0.05) is 47.6 Å². The van der Waals surface area contributed by atoms with Gasteiger partial charge in [-0.2, -0.15) is 0 Å². The number of aryl methyl sites for hydroxylation is 3. The lowest BCUT2D eigenvalue weighted by atomic mass is 9.70. The summed E-state index contributed by atoms with van der Waals surface area (Å²) in [6, 6.07) is 4.30. The number of pyridine rings is 1. The maximum absolute atomic E-state index is 13.4. The van der Waals surface area contributed by atoms with Gasteiger partial charge in [-0.3, -0.25) is 9.78 Å². The zero-order valence-electron chi connectivity index (χ0n) is 19.7. The fourth-order valence-corrected chi connectivity index (χ4v) is 4.63. The van der Waals surface area contributed by atoms with Gasteiger partial charge in [0.25, 0.3) is 0 Å². The highest BCUT2D eigenvalue weighted by Crippen LogP contribution is 2.46.